The molecule has 0 bridgehead atoms. The standard InChI is InChI=1S/C20H38O3/c1-3-4-5-6-7-8-9-10-11-12-13-14-15-16-17-19(18(2)21)20-22-23-20/h19-20H,3-17H2,1-2H3. The largest absolute Gasteiger partial charge is 0.300 e. The van der Waals surface area contributed by atoms with Gasteiger partial charge in [-0.2, -0.15) is 9.78 Å². The number of ketones is 1. The van der Waals surface area contributed by atoms with Gasteiger partial charge in [0.15, 0.2) is 0 Å². The molecule has 1 aliphatic rings. The first kappa shape index (κ1) is 20.6. The number of hydrogen-bond donors (Lipinski definition) is 0. The summed E-state index contributed by atoms with van der Waals surface area (Å²) in [5.41, 5.74) is 0. The molecule has 0 amide bonds. The summed E-state index contributed by atoms with van der Waals surface area (Å²) in [7, 11) is 0. The SMILES string of the molecule is CCCCCCCCCCCCCCCCC(C(C)=O)C1OO1. The fraction of sp³-hybridized carbons (Fsp3) is 0.950. The lowest BCUT2D eigenvalue weighted by Crippen LogP contribution is -2.16. The number of carbonyl (C=O) groups is 1. The molecule has 1 aliphatic heterocycles. The summed E-state index contributed by atoms with van der Waals surface area (Å²) in [6.07, 6.45) is 19.8. The second-order valence-corrected chi connectivity index (χ2v) is 7.16. The second kappa shape index (κ2) is 14.0. The van der Waals surface area contributed by atoms with Crippen molar-refractivity contribution in [3.63, 3.8) is 0 Å². The average molecular weight is 327 g/mol. The highest BCUT2D eigenvalue weighted by atomic mass is 17.4. The summed E-state index contributed by atoms with van der Waals surface area (Å²) in [5.74, 6) is 0.162. The van der Waals surface area contributed by atoms with Crippen molar-refractivity contribution in [3.8, 4) is 0 Å². The monoisotopic (exact) mass is 326 g/mol. The van der Waals surface area contributed by atoms with Crippen molar-refractivity contribution in [2.75, 3.05) is 0 Å². The lowest BCUT2D eigenvalue weighted by atomic mass is 9.96. The molecule has 0 aromatic heterocycles. The van der Waals surface area contributed by atoms with E-state index in [2.05, 4.69) is 6.92 Å². The van der Waals surface area contributed by atoms with Gasteiger partial charge in [0.2, 0.25) is 6.29 Å². The summed E-state index contributed by atoms with van der Waals surface area (Å²) in [6.45, 7) is 3.91. The number of Topliss-reactive ketones (excluding diaryl/α,β-unsaturated/α-hetero) is 1. The topological polar surface area (TPSA) is 42.1 Å². The molecule has 1 heterocycles. The Kier molecular flexibility index (Phi) is 12.5. The van der Waals surface area contributed by atoms with Crippen LogP contribution in [-0.4, -0.2) is 12.1 Å². The van der Waals surface area contributed by atoms with Crippen LogP contribution in [0.15, 0.2) is 0 Å². The number of unbranched alkanes of at least 4 members (excludes halogenated alkanes) is 13. The molecule has 0 radical (unpaired) electrons. The molecule has 1 atom stereocenters. The molecule has 1 unspecified atom stereocenters. The van der Waals surface area contributed by atoms with Gasteiger partial charge in [-0.15, -0.1) is 0 Å². The first-order valence-corrected chi connectivity index (χ1v) is 10.1. The maximum absolute atomic E-state index is 11.4. The van der Waals surface area contributed by atoms with E-state index in [4.69, 9.17) is 9.78 Å². The summed E-state index contributed by atoms with van der Waals surface area (Å²) in [6, 6.07) is 0. The molecule has 0 saturated carbocycles. The molecule has 1 rings (SSSR count). The van der Waals surface area contributed by atoms with Crippen LogP contribution in [0.2, 0.25) is 0 Å². The molecule has 1 fully saturated rings. The molecule has 3 heteroatoms. The van der Waals surface area contributed by atoms with Crippen LogP contribution in [0.5, 0.6) is 0 Å². The fourth-order valence-electron chi connectivity index (χ4n) is 3.26. The van der Waals surface area contributed by atoms with Gasteiger partial charge in [-0.25, -0.2) is 0 Å². The Bertz CT molecular complexity index is 287. The van der Waals surface area contributed by atoms with E-state index in [1.165, 1.54) is 83.5 Å². The maximum atomic E-state index is 11.4. The molecule has 0 spiro atoms. The predicted molar refractivity (Wildman–Crippen MR) is 95.1 cm³/mol. The highest BCUT2D eigenvalue weighted by Gasteiger charge is 2.38. The van der Waals surface area contributed by atoms with Gasteiger partial charge >= 0.3 is 0 Å². The normalized spacial score (nSPS) is 15.7. The summed E-state index contributed by atoms with van der Waals surface area (Å²) in [4.78, 5) is 21.0. The Morgan fingerprint density at radius 1 is 0.739 bits per heavy atom. The molecule has 23 heavy (non-hydrogen) atoms. The zero-order chi connectivity index (χ0) is 16.8. The Balaban J connectivity index is 1.75. The minimum atomic E-state index is -0.241. The lowest BCUT2D eigenvalue weighted by molar-refractivity contribution is -0.121. The van der Waals surface area contributed by atoms with Crippen molar-refractivity contribution in [1.29, 1.82) is 0 Å². The quantitative estimate of drug-likeness (QED) is 0.178. The van der Waals surface area contributed by atoms with Crippen LogP contribution in [0.3, 0.4) is 0 Å². The van der Waals surface area contributed by atoms with E-state index in [-0.39, 0.29) is 18.0 Å². The van der Waals surface area contributed by atoms with Crippen molar-refractivity contribution in [1.82, 2.24) is 0 Å². The number of carbonyl (C=O) groups excluding carboxylic acids is 1. The average Bonchev–Trinajstić information content (AvgIpc) is 3.35. The minimum Gasteiger partial charge on any atom is -0.300 e. The summed E-state index contributed by atoms with van der Waals surface area (Å²) >= 11 is 0. The van der Waals surface area contributed by atoms with Gasteiger partial charge in [-0.05, 0) is 13.3 Å². The zero-order valence-electron chi connectivity index (χ0n) is 15.5. The van der Waals surface area contributed by atoms with Crippen molar-refractivity contribution >= 4 is 5.78 Å². The van der Waals surface area contributed by atoms with Gasteiger partial charge in [0.1, 0.15) is 5.78 Å². The smallest absolute Gasteiger partial charge is 0.234 e. The van der Waals surface area contributed by atoms with E-state index in [1.54, 1.807) is 6.92 Å². The predicted octanol–water partition coefficient (Wildman–Crippen LogP) is 6.35. The van der Waals surface area contributed by atoms with Crippen molar-refractivity contribution in [2.45, 2.75) is 116 Å². The fourth-order valence-corrected chi connectivity index (χ4v) is 3.26. The third kappa shape index (κ3) is 11.7. The first-order valence-electron chi connectivity index (χ1n) is 10.1. The number of hydrogen-bond acceptors (Lipinski definition) is 3. The Hall–Kier alpha value is -0.410. The van der Waals surface area contributed by atoms with Crippen molar-refractivity contribution in [3.05, 3.63) is 0 Å². The summed E-state index contributed by atoms with van der Waals surface area (Å²) < 4.78 is 0. The molecule has 0 aliphatic carbocycles. The van der Waals surface area contributed by atoms with Crippen LogP contribution in [0.4, 0.5) is 0 Å². The number of rotatable bonds is 17. The van der Waals surface area contributed by atoms with E-state index < -0.39 is 0 Å². The highest BCUT2D eigenvalue weighted by Crippen LogP contribution is 2.27. The molecular formula is C20H38O3. The third-order valence-corrected chi connectivity index (χ3v) is 4.93. The highest BCUT2D eigenvalue weighted by molar-refractivity contribution is 5.78. The van der Waals surface area contributed by atoms with Crippen LogP contribution in [0.1, 0.15) is 110 Å². The van der Waals surface area contributed by atoms with Gasteiger partial charge < -0.3 is 0 Å². The van der Waals surface area contributed by atoms with Crippen molar-refractivity contribution in [2.24, 2.45) is 5.92 Å². The van der Waals surface area contributed by atoms with Gasteiger partial charge in [-0.1, -0.05) is 96.8 Å². The molecule has 0 aromatic rings. The second-order valence-electron chi connectivity index (χ2n) is 7.16. The van der Waals surface area contributed by atoms with E-state index >= 15 is 0 Å². The van der Waals surface area contributed by atoms with Gasteiger partial charge in [0.25, 0.3) is 0 Å². The van der Waals surface area contributed by atoms with E-state index in [1.807, 2.05) is 0 Å². The third-order valence-electron chi connectivity index (χ3n) is 4.93. The Morgan fingerprint density at radius 2 is 1.13 bits per heavy atom. The maximum Gasteiger partial charge on any atom is 0.234 e. The van der Waals surface area contributed by atoms with Crippen LogP contribution in [0.25, 0.3) is 0 Å². The van der Waals surface area contributed by atoms with E-state index in [0.29, 0.717) is 0 Å². The van der Waals surface area contributed by atoms with Crippen LogP contribution in [-0.2, 0) is 14.6 Å². The zero-order valence-corrected chi connectivity index (χ0v) is 15.5. The molecule has 0 N–H and O–H groups in total. The molecular weight excluding hydrogens is 288 g/mol. The lowest BCUT2D eigenvalue weighted by Gasteiger charge is -2.08. The summed E-state index contributed by atoms with van der Waals surface area (Å²) in [5, 5.41) is 0. The minimum absolute atomic E-state index is 0.0349. The van der Waals surface area contributed by atoms with E-state index in [9.17, 15) is 4.79 Å². The van der Waals surface area contributed by atoms with Crippen LogP contribution >= 0.6 is 0 Å². The molecule has 136 valence electrons. The van der Waals surface area contributed by atoms with Gasteiger partial charge in [0.05, 0.1) is 5.92 Å². The van der Waals surface area contributed by atoms with Crippen LogP contribution < -0.4 is 0 Å². The van der Waals surface area contributed by atoms with Gasteiger partial charge in [-0.3, -0.25) is 4.79 Å². The Morgan fingerprint density at radius 3 is 1.48 bits per heavy atom. The first-order chi connectivity index (χ1) is 11.3. The van der Waals surface area contributed by atoms with Gasteiger partial charge in [0, 0.05) is 0 Å². The molecule has 3 nitrogen and oxygen atoms in total. The van der Waals surface area contributed by atoms with E-state index in [0.717, 1.165) is 12.8 Å². The molecule has 1 saturated heterocycles. The van der Waals surface area contributed by atoms with Crippen molar-refractivity contribution < 1.29 is 14.6 Å². The Labute approximate surface area is 143 Å². The van der Waals surface area contributed by atoms with Crippen LogP contribution in [0, 0.1) is 5.92 Å². The molecule has 0 aromatic carbocycles.